The van der Waals surface area contributed by atoms with E-state index >= 15 is 0 Å². The van der Waals surface area contributed by atoms with Gasteiger partial charge in [0.15, 0.2) is 0 Å². The Kier molecular flexibility index (Phi) is 2.76. The molecule has 46 valence electrons. The summed E-state index contributed by atoms with van der Waals surface area (Å²) >= 11 is 0. The zero-order chi connectivity index (χ0) is 6.62. The van der Waals surface area contributed by atoms with Crippen LogP contribution < -0.4 is 0 Å². The predicted molar refractivity (Wildman–Crippen MR) is 42.7 cm³/mol. The predicted octanol–water partition coefficient (Wildman–Crippen LogP) is 2.61. The molecule has 0 aromatic heterocycles. The summed E-state index contributed by atoms with van der Waals surface area (Å²) in [6, 6.07) is 0. The van der Waals surface area contributed by atoms with Crippen LogP contribution in [-0.2, 0) is 0 Å². The molecule has 0 aliphatic rings. The van der Waals surface area contributed by atoms with Crippen LogP contribution in [0, 0.1) is 0 Å². The molecule has 0 spiro atoms. The van der Waals surface area contributed by atoms with Crippen LogP contribution in [0.2, 0.25) is 19.6 Å². The van der Waals surface area contributed by atoms with Crippen LogP contribution >= 0.6 is 0 Å². The lowest BCUT2D eigenvalue weighted by molar-refractivity contribution is 1.76. The van der Waals surface area contributed by atoms with Crippen molar-refractivity contribution in [2.45, 2.75) is 19.6 Å². The van der Waals surface area contributed by atoms with Gasteiger partial charge in [-0.05, 0) is 0 Å². The second-order valence-electron chi connectivity index (χ2n) is 2.96. The molecule has 0 nitrogen and oxygen atoms in total. The van der Waals surface area contributed by atoms with Gasteiger partial charge in [0.05, 0.1) is 8.07 Å². The zero-order valence-corrected chi connectivity index (χ0v) is 6.94. The molecule has 0 atom stereocenters. The van der Waals surface area contributed by atoms with Crippen LogP contribution in [0.25, 0.3) is 0 Å². The summed E-state index contributed by atoms with van der Waals surface area (Å²) in [5.41, 5.74) is 2.26. The maximum absolute atomic E-state index is 3.60. The summed E-state index contributed by atoms with van der Waals surface area (Å²) in [7, 11) is -0.930. The number of rotatable bonds is 2. The van der Waals surface area contributed by atoms with Crippen molar-refractivity contribution < 1.29 is 0 Å². The summed E-state index contributed by atoms with van der Waals surface area (Å²) in [5, 5.41) is 0. The molecule has 0 N–H and O–H groups in total. The highest BCUT2D eigenvalue weighted by atomic mass is 28.3. The molecule has 0 saturated heterocycles. The maximum Gasteiger partial charge on any atom is 0.0686 e. The molecular weight excluding hydrogens is 112 g/mol. The van der Waals surface area contributed by atoms with Gasteiger partial charge in [-0.1, -0.05) is 44.1 Å². The normalized spacial score (nSPS) is 12.4. The standard InChI is InChI=1S/C7H14Si/c1-5-6-7-8(2,3)4/h5-7H,1H2,2-4H3/b7-6+. The van der Waals surface area contributed by atoms with Crippen molar-refractivity contribution in [3.8, 4) is 0 Å². The van der Waals surface area contributed by atoms with Gasteiger partial charge in [0.25, 0.3) is 0 Å². The third-order valence-corrected chi connectivity index (χ3v) is 1.92. The minimum absolute atomic E-state index is 0.930. The van der Waals surface area contributed by atoms with E-state index in [-0.39, 0.29) is 0 Å². The minimum atomic E-state index is -0.930. The Balaban J connectivity index is 3.69. The van der Waals surface area contributed by atoms with Crippen LogP contribution in [0.3, 0.4) is 0 Å². The van der Waals surface area contributed by atoms with Crippen molar-refractivity contribution >= 4 is 8.07 Å². The van der Waals surface area contributed by atoms with E-state index in [1.807, 2.05) is 12.2 Å². The first-order valence-electron chi connectivity index (χ1n) is 2.86. The van der Waals surface area contributed by atoms with Crippen molar-refractivity contribution in [1.82, 2.24) is 0 Å². The molecular formula is C7H14Si. The fraction of sp³-hybridized carbons (Fsp3) is 0.429. The molecule has 0 aliphatic carbocycles. The van der Waals surface area contributed by atoms with Crippen LogP contribution in [-0.4, -0.2) is 8.07 Å². The van der Waals surface area contributed by atoms with E-state index in [2.05, 4.69) is 31.9 Å². The zero-order valence-electron chi connectivity index (χ0n) is 5.94. The summed E-state index contributed by atoms with van der Waals surface area (Å²) < 4.78 is 0. The lowest BCUT2D eigenvalue weighted by Gasteiger charge is -2.06. The smallest absolute Gasteiger partial charge is 0.0686 e. The second-order valence-corrected chi connectivity index (χ2v) is 8.03. The lowest BCUT2D eigenvalue weighted by atomic mass is 10.6. The summed E-state index contributed by atoms with van der Waals surface area (Å²) in [4.78, 5) is 0. The van der Waals surface area contributed by atoms with E-state index in [4.69, 9.17) is 0 Å². The highest BCUT2D eigenvalue weighted by molar-refractivity contribution is 6.80. The minimum Gasteiger partial charge on any atom is -0.0991 e. The molecule has 0 radical (unpaired) electrons. The van der Waals surface area contributed by atoms with E-state index in [9.17, 15) is 0 Å². The van der Waals surface area contributed by atoms with Crippen LogP contribution in [0.4, 0.5) is 0 Å². The fourth-order valence-electron chi connectivity index (χ4n) is 0.357. The topological polar surface area (TPSA) is 0 Å². The highest BCUT2D eigenvalue weighted by Gasteiger charge is 2.04. The van der Waals surface area contributed by atoms with Crippen molar-refractivity contribution in [3.05, 3.63) is 24.4 Å². The fourth-order valence-corrected chi connectivity index (χ4v) is 1.07. The molecule has 0 unspecified atom stereocenters. The van der Waals surface area contributed by atoms with Crippen molar-refractivity contribution in [1.29, 1.82) is 0 Å². The Morgan fingerprint density at radius 2 is 1.75 bits per heavy atom. The van der Waals surface area contributed by atoms with Gasteiger partial charge in [0.2, 0.25) is 0 Å². The molecule has 0 fully saturated rings. The van der Waals surface area contributed by atoms with Gasteiger partial charge in [0.1, 0.15) is 0 Å². The van der Waals surface area contributed by atoms with Gasteiger partial charge in [-0.2, -0.15) is 0 Å². The molecule has 0 aromatic rings. The van der Waals surface area contributed by atoms with Crippen LogP contribution in [0.15, 0.2) is 24.4 Å². The van der Waals surface area contributed by atoms with Crippen LogP contribution in [0.5, 0.6) is 0 Å². The molecule has 0 amide bonds. The Bertz CT molecular complexity index is 95.4. The lowest BCUT2D eigenvalue weighted by Crippen LogP contribution is -2.14. The summed E-state index contributed by atoms with van der Waals surface area (Å²) in [5.74, 6) is 0. The Labute approximate surface area is 52.9 Å². The van der Waals surface area contributed by atoms with E-state index in [0.29, 0.717) is 0 Å². The van der Waals surface area contributed by atoms with Crippen molar-refractivity contribution in [2.24, 2.45) is 0 Å². The molecule has 0 aromatic carbocycles. The van der Waals surface area contributed by atoms with E-state index in [0.717, 1.165) is 0 Å². The van der Waals surface area contributed by atoms with E-state index < -0.39 is 8.07 Å². The molecule has 0 bridgehead atoms. The van der Waals surface area contributed by atoms with Crippen LogP contribution in [0.1, 0.15) is 0 Å². The number of allylic oxidation sites excluding steroid dienone is 2. The quantitative estimate of drug-likeness (QED) is 0.394. The molecule has 0 heterocycles. The Morgan fingerprint density at radius 3 is 1.88 bits per heavy atom. The maximum atomic E-state index is 3.60. The third kappa shape index (κ3) is 5.70. The number of hydrogen-bond acceptors (Lipinski definition) is 0. The summed E-state index contributed by atoms with van der Waals surface area (Å²) in [6.07, 6.45) is 3.87. The highest BCUT2D eigenvalue weighted by Crippen LogP contribution is 2.00. The average Bonchev–Trinajstić information content (AvgIpc) is 1.59. The van der Waals surface area contributed by atoms with E-state index in [1.165, 1.54) is 0 Å². The molecule has 8 heavy (non-hydrogen) atoms. The monoisotopic (exact) mass is 126 g/mol. The number of hydrogen-bond donors (Lipinski definition) is 0. The first-order valence-corrected chi connectivity index (χ1v) is 6.44. The SMILES string of the molecule is C=C/C=C/[Si](C)(C)C. The molecule has 1 heteroatoms. The van der Waals surface area contributed by atoms with Gasteiger partial charge < -0.3 is 0 Å². The second kappa shape index (κ2) is 2.87. The molecule has 0 aliphatic heterocycles. The largest absolute Gasteiger partial charge is 0.0991 e. The van der Waals surface area contributed by atoms with E-state index in [1.54, 1.807) is 0 Å². The van der Waals surface area contributed by atoms with Gasteiger partial charge in [0, 0.05) is 0 Å². The van der Waals surface area contributed by atoms with Gasteiger partial charge in [-0.15, -0.1) is 0 Å². The molecule has 0 saturated carbocycles. The van der Waals surface area contributed by atoms with Crippen molar-refractivity contribution in [2.75, 3.05) is 0 Å². The summed E-state index contributed by atoms with van der Waals surface area (Å²) in [6.45, 7) is 10.5. The van der Waals surface area contributed by atoms with Gasteiger partial charge >= 0.3 is 0 Å². The van der Waals surface area contributed by atoms with Gasteiger partial charge in [-0.3, -0.25) is 0 Å². The first-order chi connectivity index (χ1) is 3.56. The first kappa shape index (κ1) is 7.70. The average molecular weight is 126 g/mol. The Morgan fingerprint density at radius 1 is 1.25 bits per heavy atom. The third-order valence-electron chi connectivity index (χ3n) is 0.732. The Hall–Kier alpha value is -0.303. The molecule has 0 rings (SSSR count). The van der Waals surface area contributed by atoms with Gasteiger partial charge in [-0.25, -0.2) is 0 Å². The van der Waals surface area contributed by atoms with Crippen molar-refractivity contribution in [3.63, 3.8) is 0 Å².